The Balaban J connectivity index is 1.41. The molecule has 0 radical (unpaired) electrons. The number of terminal acetylenes is 1. The number of carbonyl (C=O) groups excluding carboxylic acids is 1. The molecule has 1 aromatic rings. The minimum Gasteiger partial charge on any atom is -0.492 e. The van der Waals surface area contributed by atoms with E-state index < -0.39 is 0 Å². The van der Waals surface area contributed by atoms with Crippen LogP contribution in [0, 0.1) is 12.3 Å². The zero-order valence-electron chi connectivity index (χ0n) is 15.5. The van der Waals surface area contributed by atoms with E-state index in [0.717, 1.165) is 64.3 Å². The fourth-order valence-corrected chi connectivity index (χ4v) is 3.79. The van der Waals surface area contributed by atoms with Gasteiger partial charge < -0.3 is 9.64 Å². The van der Waals surface area contributed by atoms with Gasteiger partial charge in [0.25, 0.3) is 0 Å². The summed E-state index contributed by atoms with van der Waals surface area (Å²) in [5.74, 6) is 3.88. The molecule has 1 unspecified atom stereocenters. The van der Waals surface area contributed by atoms with Crippen LogP contribution >= 0.6 is 0 Å². The number of ether oxygens (including phenoxy) is 1. The van der Waals surface area contributed by atoms with Crippen molar-refractivity contribution in [3.8, 4) is 18.1 Å². The van der Waals surface area contributed by atoms with Crippen LogP contribution in [0.1, 0.15) is 19.3 Å². The molecular weight excluding hydrogens is 326 g/mol. The molecule has 0 bridgehead atoms. The average Bonchev–Trinajstić information content (AvgIpc) is 2.70. The van der Waals surface area contributed by atoms with Crippen LogP contribution in [0.4, 0.5) is 0 Å². The molecule has 2 saturated heterocycles. The predicted octanol–water partition coefficient (Wildman–Crippen LogP) is 1.70. The second-order valence-electron chi connectivity index (χ2n) is 7.01. The lowest BCUT2D eigenvalue weighted by atomic mass is 10.0. The van der Waals surface area contributed by atoms with Gasteiger partial charge in [-0.3, -0.25) is 14.6 Å². The lowest BCUT2D eigenvalue weighted by Crippen LogP contribution is -2.56. The molecule has 3 rings (SSSR count). The Morgan fingerprint density at radius 1 is 1.12 bits per heavy atom. The second-order valence-corrected chi connectivity index (χ2v) is 7.01. The highest BCUT2D eigenvalue weighted by Gasteiger charge is 2.32. The van der Waals surface area contributed by atoms with Gasteiger partial charge in [0.2, 0.25) is 5.91 Å². The Labute approximate surface area is 156 Å². The van der Waals surface area contributed by atoms with Crippen LogP contribution in [0.5, 0.6) is 5.75 Å². The Bertz CT molecular complexity index is 605. The highest BCUT2D eigenvalue weighted by molar-refractivity contribution is 5.82. The molecule has 26 heavy (non-hydrogen) atoms. The van der Waals surface area contributed by atoms with Crippen molar-refractivity contribution in [2.45, 2.75) is 25.3 Å². The topological polar surface area (TPSA) is 36.0 Å². The molecule has 2 aliphatic rings. The van der Waals surface area contributed by atoms with E-state index in [1.54, 1.807) is 0 Å². The minimum absolute atomic E-state index is 0.0206. The van der Waals surface area contributed by atoms with Crippen molar-refractivity contribution in [1.82, 2.24) is 14.7 Å². The third-order valence-electron chi connectivity index (χ3n) is 5.30. The van der Waals surface area contributed by atoms with Gasteiger partial charge in [0.15, 0.2) is 0 Å². The van der Waals surface area contributed by atoms with Crippen LogP contribution in [0.25, 0.3) is 0 Å². The molecule has 2 heterocycles. The molecule has 1 aromatic carbocycles. The van der Waals surface area contributed by atoms with Crippen molar-refractivity contribution in [2.24, 2.45) is 0 Å². The summed E-state index contributed by atoms with van der Waals surface area (Å²) in [7, 11) is 0. The predicted molar refractivity (Wildman–Crippen MR) is 103 cm³/mol. The molecule has 5 nitrogen and oxygen atoms in total. The second kappa shape index (κ2) is 9.61. The van der Waals surface area contributed by atoms with Gasteiger partial charge in [-0.1, -0.05) is 30.5 Å². The summed E-state index contributed by atoms with van der Waals surface area (Å²) in [5.41, 5.74) is 0. The molecule has 0 saturated carbocycles. The van der Waals surface area contributed by atoms with Gasteiger partial charge in [-0.25, -0.2) is 0 Å². The highest BCUT2D eigenvalue weighted by atomic mass is 16.5. The molecule has 1 atom stereocenters. The fourth-order valence-electron chi connectivity index (χ4n) is 3.79. The molecule has 2 aliphatic heterocycles. The van der Waals surface area contributed by atoms with E-state index >= 15 is 0 Å². The van der Waals surface area contributed by atoms with Gasteiger partial charge in [-0.15, -0.1) is 6.42 Å². The number of rotatable bonds is 6. The van der Waals surface area contributed by atoms with Crippen LogP contribution in [0.15, 0.2) is 30.3 Å². The standard InChI is InChI=1S/C21H29N3O2/c1-2-11-23-12-7-6-10-20(23)21(25)24-15-13-22(14-16-24)17-18-26-19-8-4-3-5-9-19/h1,3-5,8-9,20H,6-7,10-18H2. The summed E-state index contributed by atoms with van der Waals surface area (Å²) < 4.78 is 5.77. The normalized spacial score (nSPS) is 22.0. The van der Waals surface area contributed by atoms with Crippen LogP contribution < -0.4 is 4.74 Å². The summed E-state index contributed by atoms with van der Waals surface area (Å²) >= 11 is 0. The van der Waals surface area contributed by atoms with E-state index in [4.69, 9.17) is 11.2 Å². The number of amides is 1. The van der Waals surface area contributed by atoms with Crippen molar-refractivity contribution in [2.75, 3.05) is 52.4 Å². The minimum atomic E-state index is -0.0206. The molecule has 5 heteroatoms. The molecule has 1 amide bonds. The quantitative estimate of drug-likeness (QED) is 0.728. The Kier molecular flexibility index (Phi) is 6.93. The number of hydrogen-bond donors (Lipinski definition) is 0. The summed E-state index contributed by atoms with van der Waals surface area (Å²) in [5, 5.41) is 0. The SMILES string of the molecule is C#CCN1CCCCC1C(=O)N1CCN(CCOc2ccccc2)CC1. The first-order chi connectivity index (χ1) is 12.8. The lowest BCUT2D eigenvalue weighted by molar-refractivity contribution is -0.139. The third kappa shape index (κ3) is 5.00. The number of likely N-dealkylation sites (tertiary alicyclic amines) is 1. The molecule has 0 N–H and O–H groups in total. The van der Waals surface area contributed by atoms with Crippen LogP contribution in [-0.4, -0.2) is 79.1 Å². The van der Waals surface area contributed by atoms with E-state index in [0.29, 0.717) is 13.2 Å². The zero-order chi connectivity index (χ0) is 18.2. The monoisotopic (exact) mass is 355 g/mol. The van der Waals surface area contributed by atoms with Gasteiger partial charge in [0, 0.05) is 32.7 Å². The Morgan fingerprint density at radius 3 is 2.62 bits per heavy atom. The number of benzene rings is 1. The number of hydrogen-bond acceptors (Lipinski definition) is 4. The maximum atomic E-state index is 12.9. The van der Waals surface area contributed by atoms with Crippen LogP contribution in [0.3, 0.4) is 0 Å². The van der Waals surface area contributed by atoms with Gasteiger partial charge in [0.1, 0.15) is 12.4 Å². The zero-order valence-corrected chi connectivity index (χ0v) is 15.5. The molecule has 0 aromatic heterocycles. The number of piperidine rings is 1. The third-order valence-corrected chi connectivity index (χ3v) is 5.30. The maximum Gasteiger partial charge on any atom is 0.240 e. The summed E-state index contributed by atoms with van der Waals surface area (Å²) in [4.78, 5) is 19.5. The summed E-state index contributed by atoms with van der Waals surface area (Å²) in [6.45, 7) is 6.50. The van der Waals surface area contributed by atoms with E-state index in [1.165, 1.54) is 0 Å². The van der Waals surface area contributed by atoms with Crippen molar-refractivity contribution in [3.63, 3.8) is 0 Å². The van der Waals surface area contributed by atoms with Crippen molar-refractivity contribution in [1.29, 1.82) is 0 Å². The maximum absolute atomic E-state index is 12.9. The van der Waals surface area contributed by atoms with Crippen LogP contribution in [0.2, 0.25) is 0 Å². The van der Waals surface area contributed by atoms with E-state index in [9.17, 15) is 4.79 Å². The van der Waals surface area contributed by atoms with E-state index in [2.05, 4.69) is 15.7 Å². The fraction of sp³-hybridized carbons (Fsp3) is 0.571. The largest absolute Gasteiger partial charge is 0.492 e. The van der Waals surface area contributed by atoms with E-state index in [-0.39, 0.29) is 11.9 Å². The molecule has 0 spiro atoms. The van der Waals surface area contributed by atoms with Gasteiger partial charge in [0.05, 0.1) is 12.6 Å². The van der Waals surface area contributed by atoms with Crippen molar-refractivity contribution in [3.05, 3.63) is 30.3 Å². The molecule has 2 fully saturated rings. The van der Waals surface area contributed by atoms with E-state index in [1.807, 2.05) is 35.2 Å². The molecule has 140 valence electrons. The van der Waals surface area contributed by atoms with Crippen molar-refractivity contribution >= 4 is 5.91 Å². The lowest BCUT2D eigenvalue weighted by Gasteiger charge is -2.40. The summed E-state index contributed by atoms with van der Waals surface area (Å²) in [6.07, 6.45) is 8.67. The first-order valence-electron chi connectivity index (χ1n) is 9.64. The van der Waals surface area contributed by atoms with Crippen molar-refractivity contribution < 1.29 is 9.53 Å². The number of piperazine rings is 1. The Hall–Kier alpha value is -2.03. The van der Waals surface area contributed by atoms with Gasteiger partial charge >= 0.3 is 0 Å². The van der Waals surface area contributed by atoms with Gasteiger partial charge in [-0.05, 0) is 31.5 Å². The van der Waals surface area contributed by atoms with Crippen LogP contribution in [-0.2, 0) is 4.79 Å². The summed E-state index contributed by atoms with van der Waals surface area (Å²) in [6, 6.07) is 9.88. The average molecular weight is 355 g/mol. The molecule has 0 aliphatic carbocycles. The smallest absolute Gasteiger partial charge is 0.240 e. The molecular formula is C21H29N3O2. The number of nitrogens with zero attached hydrogens (tertiary/aromatic N) is 3. The first kappa shape index (κ1) is 18.8. The highest BCUT2D eigenvalue weighted by Crippen LogP contribution is 2.19. The number of para-hydroxylation sites is 1. The Morgan fingerprint density at radius 2 is 1.88 bits per heavy atom. The van der Waals surface area contributed by atoms with Gasteiger partial charge in [-0.2, -0.15) is 0 Å². The number of carbonyl (C=O) groups is 1. The first-order valence-corrected chi connectivity index (χ1v) is 9.64.